The highest BCUT2D eigenvalue weighted by Crippen LogP contribution is 2.23. The van der Waals surface area contributed by atoms with Gasteiger partial charge in [-0.2, -0.15) is 0 Å². The third-order valence-corrected chi connectivity index (χ3v) is 3.12. The van der Waals surface area contributed by atoms with Gasteiger partial charge >= 0.3 is 8.25 Å². The van der Waals surface area contributed by atoms with Crippen LogP contribution < -0.4 is 4.74 Å². The average Bonchev–Trinajstić information content (AvgIpc) is 2.48. The van der Waals surface area contributed by atoms with Crippen molar-refractivity contribution in [3.8, 4) is 5.75 Å². The summed E-state index contributed by atoms with van der Waals surface area (Å²) in [6.07, 6.45) is 0. The highest BCUT2D eigenvalue weighted by atomic mass is 31.1. The molecule has 0 fully saturated rings. The third-order valence-electron chi connectivity index (χ3n) is 2.18. The van der Waals surface area contributed by atoms with Gasteiger partial charge in [-0.3, -0.25) is 10.1 Å². The minimum absolute atomic E-state index is 0.0106. The van der Waals surface area contributed by atoms with Crippen LogP contribution in [-0.2, 0) is 25.0 Å². The Hall–Kier alpha value is -1.60. The molecule has 1 rings (SSSR count). The zero-order chi connectivity index (χ0) is 17.0. The van der Waals surface area contributed by atoms with Crippen LogP contribution in [0.25, 0.3) is 0 Å². The molecule has 0 aliphatic rings. The number of non-ortho nitro benzene ring substituents is 1. The molecule has 0 unspecified atom stereocenters. The Labute approximate surface area is 130 Å². The lowest BCUT2D eigenvalue weighted by atomic mass is 10.2. The second kappa shape index (κ2) is 12.0. The lowest BCUT2D eigenvalue weighted by Crippen LogP contribution is -1.94. The molecule has 0 heterocycles. The minimum atomic E-state index is -1.83. The van der Waals surface area contributed by atoms with Crippen LogP contribution in [0.15, 0.2) is 18.2 Å². The molecule has 0 bridgehead atoms. The Bertz CT molecular complexity index is 473. The number of benzene rings is 1. The van der Waals surface area contributed by atoms with Crippen LogP contribution in [0.3, 0.4) is 0 Å². The molecular formula is C13H21NO7P+. The van der Waals surface area contributed by atoms with E-state index in [9.17, 15) is 14.7 Å². The first-order chi connectivity index (χ1) is 10.5. The molecule has 0 saturated carbocycles. The fraction of sp³-hybridized carbons (Fsp3) is 0.538. The Morgan fingerprint density at radius 1 is 1.14 bits per heavy atom. The number of ether oxygens (including phenoxy) is 2. The highest BCUT2D eigenvalue weighted by Gasteiger charge is 2.15. The van der Waals surface area contributed by atoms with E-state index in [-0.39, 0.29) is 5.69 Å². The first-order valence-corrected chi connectivity index (χ1v) is 7.62. The highest BCUT2D eigenvalue weighted by molar-refractivity contribution is 7.33. The molecule has 0 atom stereocenters. The van der Waals surface area contributed by atoms with Crippen LogP contribution in [0, 0.1) is 10.1 Å². The maximum atomic E-state index is 10.5. The van der Waals surface area contributed by atoms with Crippen LogP contribution in [0.2, 0.25) is 0 Å². The molecule has 0 N–H and O–H groups in total. The summed E-state index contributed by atoms with van der Waals surface area (Å²) < 4.78 is 29.3. The van der Waals surface area contributed by atoms with Crippen LogP contribution >= 0.6 is 8.25 Å². The van der Waals surface area contributed by atoms with Crippen molar-refractivity contribution in [2.24, 2.45) is 0 Å². The molecule has 0 aromatic heterocycles. The van der Waals surface area contributed by atoms with Gasteiger partial charge in [-0.1, -0.05) is 0 Å². The number of hydrogen-bond acceptors (Lipinski definition) is 7. The quantitative estimate of drug-likeness (QED) is 0.408. The Balaban J connectivity index is 0.000000472. The van der Waals surface area contributed by atoms with Crippen molar-refractivity contribution >= 4 is 13.9 Å². The van der Waals surface area contributed by atoms with Gasteiger partial charge in [-0.25, -0.2) is 0 Å². The van der Waals surface area contributed by atoms with Gasteiger partial charge < -0.3 is 9.47 Å². The van der Waals surface area contributed by atoms with Crippen molar-refractivity contribution in [3.05, 3.63) is 33.9 Å². The van der Waals surface area contributed by atoms with Crippen LogP contribution in [0.5, 0.6) is 5.75 Å². The number of nitrogens with zero attached hydrogens (tertiary/aromatic N) is 1. The van der Waals surface area contributed by atoms with Crippen molar-refractivity contribution in [1.82, 2.24) is 0 Å². The smallest absolute Gasteiger partial charge is 0.496 e. The van der Waals surface area contributed by atoms with Crippen molar-refractivity contribution < 1.29 is 28.0 Å². The molecule has 0 amide bonds. The van der Waals surface area contributed by atoms with E-state index < -0.39 is 13.2 Å². The summed E-state index contributed by atoms with van der Waals surface area (Å²) in [5.74, 6) is 0.464. The minimum Gasteiger partial charge on any atom is -0.496 e. The summed E-state index contributed by atoms with van der Waals surface area (Å²) >= 11 is 0. The summed E-state index contributed by atoms with van der Waals surface area (Å²) in [6, 6.07) is 4.54. The Kier molecular flexibility index (Phi) is 11.1. The maximum Gasteiger partial charge on any atom is 0.697 e. The first kappa shape index (κ1) is 20.4. The maximum absolute atomic E-state index is 10.5. The van der Waals surface area contributed by atoms with E-state index in [0.717, 1.165) is 5.56 Å². The first-order valence-electron chi connectivity index (χ1n) is 6.52. The molecule has 1 aromatic rings. The van der Waals surface area contributed by atoms with Crippen molar-refractivity contribution in [2.75, 3.05) is 27.4 Å². The van der Waals surface area contributed by atoms with Gasteiger partial charge in [-0.05, 0) is 25.5 Å². The fourth-order valence-corrected chi connectivity index (χ4v) is 1.86. The number of nitro benzene ring substituents is 1. The summed E-state index contributed by atoms with van der Waals surface area (Å²) in [5.41, 5.74) is 0.731. The molecule has 8 nitrogen and oxygen atoms in total. The average molecular weight is 334 g/mol. The second-order valence-corrected chi connectivity index (χ2v) is 4.75. The van der Waals surface area contributed by atoms with Crippen molar-refractivity contribution in [2.45, 2.75) is 20.5 Å². The van der Waals surface area contributed by atoms with Crippen LogP contribution in [0.4, 0.5) is 5.69 Å². The zero-order valence-electron chi connectivity index (χ0n) is 13.1. The summed E-state index contributed by atoms with van der Waals surface area (Å²) in [4.78, 5) is 10.1. The van der Waals surface area contributed by atoms with E-state index in [1.807, 2.05) is 0 Å². The van der Waals surface area contributed by atoms with E-state index in [0.29, 0.717) is 25.6 Å². The van der Waals surface area contributed by atoms with E-state index in [1.165, 1.54) is 26.4 Å². The molecule has 0 spiro atoms. The van der Waals surface area contributed by atoms with Gasteiger partial charge in [0.25, 0.3) is 5.69 Å². The summed E-state index contributed by atoms with van der Waals surface area (Å²) in [6.45, 7) is 4.75. The van der Waals surface area contributed by atoms with Gasteiger partial charge in [0.05, 0.1) is 24.7 Å². The summed E-state index contributed by atoms with van der Waals surface area (Å²) in [5, 5.41) is 10.5. The van der Waals surface area contributed by atoms with Gasteiger partial charge in [0.1, 0.15) is 19.0 Å². The second-order valence-electron chi connectivity index (χ2n) is 3.79. The summed E-state index contributed by atoms with van der Waals surface area (Å²) in [7, 11) is 1.17. The Morgan fingerprint density at radius 2 is 1.73 bits per heavy atom. The monoisotopic (exact) mass is 334 g/mol. The molecule has 9 heteroatoms. The van der Waals surface area contributed by atoms with Crippen LogP contribution in [-0.4, -0.2) is 32.4 Å². The van der Waals surface area contributed by atoms with E-state index >= 15 is 0 Å². The molecule has 0 aliphatic heterocycles. The lowest BCUT2D eigenvalue weighted by Gasteiger charge is -2.03. The number of methoxy groups -OCH3 is 2. The number of rotatable bonds is 8. The molecule has 1 aromatic carbocycles. The number of hydrogen-bond donors (Lipinski definition) is 0. The fourth-order valence-electron chi connectivity index (χ4n) is 1.36. The van der Waals surface area contributed by atoms with Crippen molar-refractivity contribution in [3.63, 3.8) is 0 Å². The normalized spacial score (nSPS) is 9.64. The molecule has 22 heavy (non-hydrogen) atoms. The molecule has 0 radical (unpaired) electrons. The van der Waals surface area contributed by atoms with E-state index in [2.05, 4.69) is 9.05 Å². The largest absolute Gasteiger partial charge is 0.697 e. The third kappa shape index (κ3) is 8.63. The van der Waals surface area contributed by atoms with Crippen molar-refractivity contribution in [1.29, 1.82) is 0 Å². The van der Waals surface area contributed by atoms with E-state index in [4.69, 9.17) is 9.47 Å². The van der Waals surface area contributed by atoms with E-state index in [1.54, 1.807) is 19.9 Å². The van der Waals surface area contributed by atoms with Gasteiger partial charge in [0.15, 0.2) is 0 Å². The topological polar surface area (TPSA) is 97.1 Å². The van der Waals surface area contributed by atoms with Gasteiger partial charge in [-0.15, -0.1) is 9.05 Å². The molecular weight excluding hydrogens is 313 g/mol. The van der Waals surface area contributed by atoms with Crippen LogP contribution in [0.1, 0.15) is 19.4 Å². The van der Waals surface area contributed by atoms with Gasteiger partial charge in [0, 0.05) is 17.7 Å². The SMILES string of the molecule is CCO[P+](=O)OCC.COCc1cc(OC)cc([N+](=O)[O-])c1. The predicted molar refractivity (Wildman–Crippen MR) is 81.2 cm³/mol. The zero-order valence-corrected chi connectivity index (χ0v) is 14.0. The lowest BCUT2D eigenvalue weighted by molar-refractivity contribution is -0.385. The molecule has 124 valence electrons. The predicted octanol–water partition coefficient (Wildman–Crippen LogP) is 3.47. The number of nitro groups is 1. The standard InChI is InChI=1S/C9H11NO4.C4H10O3P/c1-13-6-7-3-8(10(11)12)5-9(4-7)14-2;1-3-6-8(5)7-4-2/h3-5H,6H2,1-2H3;3-4H2,1-2H3/q;+1. The Morgan fingerprint density at radius 3 is 2.14 bits per heavy atom. The van der Waals surface area contributed by atoms with Gasteiger partial charge in [0.2, 0.25) is 0 Å². The molecule has 0 saturated heterocycles. The molecule has 0 aliphatic carbocycles.